The standard InChI is InChI=1S/C16H25NO2/c1-3-9-17-16(12-19-14-8-10-18-11-14)15-7-5-4-6-13(15)2/h4-7,14,16-17H,3,8-12H2,1-2H3. The van der Waals surface area contributed by atoms with Crippen molar-refractivity contribution in [2.24, 2.45) is 0 Å². The number of benzene rings is 1. The summed E-state index contributed by atoms with van der Waals surface area (Å²) in [6.07, 6.45) is 2.43. The van der Waals surface area contributed by atoms with E-state index in [4.69, 9.17) is 9.47 Å². The Kier molecular flexibility index (Phi) is 5.83. The molecule has 3 nitrogen and oxygen atoms in total. The van der Waals surface area contributed by atoms with Crippen LogP contribution in [0.5, 0.6) is 0 Å². The Morgan fingerprint density at radius 1 is 1.42 bits per heavy atom. The third-order valence-corrected chi connectivity index (χ3v) is 3.59. The molecule has 2 atom stereocenters. The summed E-state index contributed by atoms with van der Waals surface area (Å²) in [7, 11) is 0. The van der Waals surface area contributed by atoms with E-state index in [-0.39, 0.29) is 12.1 Å². The molecule has 2 unspecified atom stereocenters. The third-order valence-electron chi connectivity index (χ3n) is 3.59. The highest BCUT2D eigenvalue weighted by Gasteiger charge is 2.19. The van der Waals surface area contributed by atoms with Crippen molar-refractivity contribution in [1.82, 2.24) is 5.32 Å². The fourth-order valence-corrected chi connectivity index (χ4v) is 2.43. The van der Waals surface area contributed by atoms with E-state index in [0.717, 1.165) is 39.2 Å². The molecule has 1 aliphatic rings. The van der Waals surface area contributed by atoms with E-state index in [2.05, 4.69) is 43.4 Å². The first-order valence-corrected chi connectivity index (χ1v) is 7.29. The van der Waals surface area contributed by atoms with Gasteiger partial charge in [0, 0.05) is 6.61 Å². The van der Waals surface area contributed by atoms with Crippen LogP contribution in [0.1, 0.15) is 36.9 Å². The molecule has 2 rings (SSSR count). The zero-order chi connectivity index (χ0) is 13.5. The highest BCUT2D eigenvalue weighted by Crippen LogP contribution is 2.19. The van der Waals surface area contributed by atoms with Crippen molar-refractivity contribution in [1.29, 1.82) is 0 Å². The highest BCUT2D eigenvalue weighted by molar-refractivity contribution is 5.28. The summed E-state index contributed by atoms with van der Waals surface area (Å²) in [5.41, 5.74) is 2.66. The number of aryl methyl sites for hydroxylation is 1. The van der Waals surface area contributed by atoms with Crippen molar-refractivity contribution in [3.63, 3.8) is 0 Å². The quantitative estimate of drug-likeness (QED) is 0.820. The highest BCUT2D eigenvalue weighted by atomic mass is 16.5. The second kappa shape index (κ2) is 7.63. The van der Waals surface area contributed by atoms with Crippen LogP contribution in [0.3, 0.4) is 0 Å². The van der Waals surface area contributed by atoms with Crippen molar-refractivity contribution in [3.8, 4) is 0 Å². The molecular weight excluding hydrogens is 238 g/mol. The summed E-state index contributed by atoms with van der Waals surface area (Å²) >= 11 is 0. The molecule has 1 N–H and O–H groups in total. The molecule has 0 aromatic heterocycles. The molecule has 0 spiro atoms. The Bertz CT molecular complexity index is 375. The molecule has 1 heterocycles. The Morgan fingerprint density at radius 3 is 2.95 bits per heavy atom. The van der Waals surface area contributed by atoms with E-state index in [9.17, 15) is 0 Å². The van der Waals surface area contributed by atoms with Crippen LogP contribution >= 0.6 is 0 Å². The number of rotatable bonds is 7. The van der Waals surface area contributed by atoms with E-state index in [1.165, 1.54) is 11.1 Å². The first kappa shape index (κ1) is 14.5. The molecule has 19 heavy (non-hydrogen) atoms. The van der Waals surface area contributed by atoms with E-state index < -0.39 is 0 Å². The number of nitrogens with one attached hydrogen (secondary N) is 1. The molecule has 0 radical (unpaired) electrons. The van der Waals surface area contributed by atoms with Crippen molar-refractivity contribution >= 4 is 0 Å². The van der Waals surface area contributed by atoms with Gasteiger partial charge in [-0.1, -0.05) is 31.2 Å². The number of hydrogen-bond acceptors (Lipinski definition) is 3. The molecule has 0 bridgehead atoms. The molecule has 1 aliphatic heterocycles. The number of ether oxygens (including phenoxy) is 2. The van der Waals surface area contributed by atoms with Gasteiger partial charge >= 0.3 is 0 Å². The van der Waals surface area contributed by atoms with Crippen LogP contribution in [0, 0.1) is 6.92 Å². The summed E-state index contributed by atoms with van der Waals surface area (Å²) in [5.74, 6) is 0. The molecule has 1 aromatic rings. The van der Waals surface area contributed by atoms with Crippen molar-refractivity contribution in [2.75, 3.05) is 26.4 Å². The monoisotopic (exact) mass is 263 g/mol. The first-order chi connectivity index (χ1) is 9.31. The summed E-state index contributed by atoms with van der Waals surface area (Å²) in [5, 5.41) is 3.58. The Hall–Kier alpha value is -0.900. The molecule has 0 aliphatic carbocycles. The Labute approximate surface area is 116 Å². The van der Waals surface area contributed by atoms with Crippen LogP contribution in [0.2, 0.25) is 0 Å². The number of hydrogen-bond donors (Lipinski definition) is 1. The Balaban J connectivity index is 1.96. The fraction of sp³-hybridized carbons (Fsp3) is 0.625. The summed E-state index contributed by atoms with van der Waals surface area (Å²) in [6, 6.07) is 8.82. The minimum absolute atomic E-state index is 0.273. The second-order valence-corrected chi connectivity index (χ2v) is 5.18. The lowest BCUT2D eigenvalue weighted by Crippen LogP contribution is -2.29. The largest absolute Gasteiger partial charge is 0.379 e. The van der Waals surface area contributed by atoms with Gasteiger partial charge in [-0.15, -0.1) is 0 Å². The summed E-state index contributed by atoms with van der Waals surface area (Å²) in [4.78, 5) is 0. The topological polar surface area (TPSA) is 30.5 Å². The minimum atomic E-state index is 0.273. The van der Waals surface area contributed by atoms with Gasteiger partial charge in [0.05, 0.1) is 25.4 Å². The predicted octanol–water partition coefficient (Wildman–Crippen LogP) is 2.84. The molecule has 3 heteroatoms. The van der Waals surface area contributed by atoms with E-state index in [1.54, 1.807) is 0 Å². The zero-order valence-electron chi connectivity index (χ0n) is 12.0. The Morgan fingerprint density at radius 2 is 2.26 bits per heavy atom. The van der Waals surface area contributed by atoms with Crippen LogP contribution in [0.25, 0.3) is 0 Å². The minimum Gasteiger partial charge on any atom is -0.379 e. The van der Waals surface area contributed by atoms with Crippen LogP contribution in [0.4, 0.5) is 0 Å². The van der Waals surface area contributed by atoms with E-state index >= 15 is 0 Å². The van der Waals surface area contributed by atoms with Gasteiger partial charge in [-0.2, -0.15) is 0 Å². The van der Waals surface area contributed by atoms with Gasteiger partial charge in [0.2, 0.25) is 0 Å². The fourth-order valence-electron chi connectivity index (χ4n) is 2.43. The van der Waals surface area contributed by atoms with Crippen LogP contribution < -0.4 is 5.32 Å². The summed E-state index contributed by atoms with van der Waals surface area (Å²) < 4.78 is 11.3. The van der Waals surface area contributed by atoms with Gasteiger partial charge in [0.1, 0.15) is 0 Å². The molecule has 106 valence electrons. The maximum atomic E-state index is 5.98. The van der Waals surface area contributed by atoms with Crippen LogP contribution in [-0.4, -0.2) is 32.5 Å². The maximum Gasteiger partial charge on any atom is 0.0831 e. The van der Waals surface area contributed by atoms with Gasteiger partial charge in [0.25, 0.3) is 0 Å². The van der Waals surface area contributed by atoms with Gasteiger partial charge in [0.15, 0.2) is 0 Å². The maximum absolute atomic E-state index is 5.98. The average molecular weight is 263 g/mol. The lowest BCUT2D eigenvalue weighted by Gasteiger charge is -2.22. The van der Waals surface area contributed by atoms with Gasteiger partial charge < -0.3 is 14.8 Å². The lowest BCUT2D eigenvalue weighted by atomic mass is 10.0. The molecule has 1 fully saturated rings. The van der Waals surface area contributed by atoms with Gasteiger partial charge in [-0.3, -0.25) is 0 Å². The van der Waals surface area contributed by atoms with Gasteiger partial charge in [-0.05, 0) is 37.4 Å². The molecular formula is C16H25NO2. The molecule has 0 saturated carbocycles. The summed E-state index contributed by atoms with van der Waals surface area (Å²) in [6.45, 7) is 7.67. The smallest absolute Gasteiger partial charge is 0.0831 e. The van der Waals surface area contributed by atoms with Crippen LogP contribution in [-0.2, 0) is 9.47 Å². The van der Waals surface area contributed by atoms with Gasteiger partial charge in [-0.25, -0.2) is 0 Å². The molecule has 1 saturated heterocycles. The van der Waals surface area contributed by atoms with Crippen molar-refractivity contribution in [2.45, 2.75) is 38.8 Å². The van der Waals surface area contributed by atoms with Crippen molar-refractivity contribution < 1.29 is 9.47 Å². The zero-order valence-corrected chi connectivity index (χ0v) is 12.0. The van der Waals surface area contributed by atoms with Crippen molar-refractivity contribution in [3.05, 3.63) is 35.4 Å². The van der Waals surface area contributed by atoms with Crippen LogP contribution in [0.15, 0.2) is 24.3 Å². The first-order valence-electron chi connectivity index (χ1n) is 7.29. The van der Waals surface area contributed by atoms with E-state index in [1.807, 2.05) is 0 Å². The third kappa shape index (κ3) is 4.30. The second-order valence-electron chi connectivity index (χ2n) is 5.18. The molecule has 1 aromatic carbocycles. The lowest BCUT2D eigenvalue weighted by molar-refractivity contribution is 0.0297. The average Bonchev–Trinajstić information content (AvgIpc) is 2.93. The SMILES string of the molecule is CCCNC(COC1CCOC1)c1ccccc1C. The predicted molar refractivity (Wildman–Crippen MR) is 77.4 cm³/mol. The van der Waals surface area contributed by atoms with E-state index in [0.29, 0.717) is 0 Å². The molecule has 0 amide bonds. The normalized spacial score (nSPS) is 20.6.